The Bertz CT molecular complexity index is 392. The molecular weight excluding hydrogens is 211 g/mol. The number of rotatable bonds is 3. The highest BCUT2D eigenvalue weighted by Gasteiger charge is 2.29. The maximum Gasteiger partial charge on any atom is 0.306 e. The van der Waals surface area contributed by atoms with Crippen LogP contribution in [0.5, 0.6) is 0 Å². The van der Waals surface area contributed by atoms with E-state index in [-0.39, 0.29) is 11.8 Å². The van der Waals surface area contributed by atoms with Gasteiger partial charge in [0, 0.05) is 12.8 Å². The van der Waals surface area contributed by atoms with Gasteiger partial charge in [0.2, 0.25) is 0 Å². The molecule has 1 aromatic carbocycles. The molecule has 1 fully saturated rings. The van der Waals surface area contributed by atoms with Gasteiger partial charge in [0.25, 0.3) is 0 Å². The van der Waals surface area contributed by atoms with Crippen LogP contribution >= 0.6 is 0 Å². The van der Waals surface area contributed by atoms with Gasteiger partial charge < -0.3 is 9.84 Å². The zero-order chi connectivity index (χ0) is 11.5. The van der Waals surface area contributed by atoms with E-state index in [0.717, 1.165) is 0 Å². The lowest BCUT2D eigenvalue weighted by atomic mass is 10.0. The van der Waals surface area contributed by atoms with Gasteiger partial charge >= 0.3 is 5.97 Å². The van der Waals surface area contributed by atoms with Crippen molar-refractivity contribution in [1.82, 2.24) is 0 Å². The van der Waals surface area contributed by atoms with Crippen molar-refractivity contribution in [2.24, 2.45) is 0 Å². The minimum Gasteiger partial charge on any atom is -0.460 e. The molecule has 0 aliphatic carbocycles. The van der Waals surface area contributed by atoms with Crippen LogP contribution in [0.3, 0.4) is 0 Å². The summed E-state index contributed by atoms with van der Waals surface area (Å²) in [5.74, 6) is -0.601. The van der Waals surface area contributed by atoms with Crippen LogP contribution in [-0.2, 0) is 16.0 Å². The lowest BCUT2D eigenvalue weighted by Crippen LogP contribution is -2.27. The highest BCUT2D eigenvalue weighted by atomic mass is 19.1. The fourth-order valence-corrected chi connectivity index (χ4v) is 1.85. The molecule has 1 heterocycles. The Morgan fingerprint density at radius 2 is 2.38 bits per heavy atom. The zero-order valence-corrected chi connectivity index (χ0v) is 8.73. The molecule has 1 N–H and O–H groups in total. The number of aliphatic hydroxyl groups is 1. The Kier molecular flexibility index (Phi) is 3.19. The van der Waals surface area contributed by atoms with Crippen LogP contribution < -0.4 is 0 Å². The summed E-state index contributed by atoms with van der Waals surface area (Å²) in [5, 5.41) is 9.81. The van der Waals surface area contributed by atoms with Gasteiger partial charge in [-0.1, -0.05) is 12.1 Å². The summed E-state index contributed by atoms with van der Waals surface area (Å²) >= 11 is 0. The number of benzene rings is 1. The SMILES string of the molecule is O=C1CC[C@@H]([C@H](O)Cc2cccc(F)c2)O1. The number of hydrogen-bond acceptors (Lipinski definition) is 3. The molecule has 0 bridgehead atoms. The molecule has 0 radical (unpaired) electrons. The van der Waals surface area contributed by atoms with Crippen LogP contribution in [0.15, 0.2) is 24.3 Å². The van der Waals surface area contributed by atoms with E-state index in [1.165, 1.54) is 12.1 Å². The van der Waals surface area contributed by atoms with Crippen LogP contribution in [0.4, 0.5) is 4.39 Å². The number of aliphatic hydroxyl groups excluding tert-OH is 1. The molecule has 2 rings (SSSR count). The van der Waals surface area contributed by atoms with Gasteiger partial charge in [-0.15, -0.1) is 0 Å². The molecule has 0 spiro atoms. The minimum atomic E-state index is -0.756. The van der Waals surface area contributed by atoms with E-state index in [9.17, 15) is 14.3 Å². The third-order valence-corrected chi connectivity index (χ3v) is 2.68. The number of halogens is 1. The van der Waals surface area contributed by atoms with Crippen molar-refractivity contribution < 1.29 is 19.0 Å². The fraction of sp³-hybridized carbons (Fsp3) is 0.417. The summed E-state index contributed by atoms with van der Waals surface area (Å²) in [6, 6.07) is 6.06. The minimum absolute atomic E-state index is 0.275. The topological polar surface area (TPSA) is 46.5 Å². The Morgan fingerprint density at radius 3 is 3.00 bits per heavy atom. The van der Waals surface area contributed by atoms with Gasteiger partial charge in [0.05, 0.1) is 6.10 Å². The van der Waals surface area contributed by atoms with Crippen molar-refractivity contribution in [2.45, 2.75) is 31.5 Å². The molecule has 16 heavy (non-hydrogen) atoms. The molecule has 86 valence electrons. The predicted octanol–water partition coefficient (Wildman–Crippen LogP) is 1.43. The molecule has 1 saturated heterocycles. The van der Waals surface area contributed by atoms with Gasteiger partial charge in [-0.25, -0.2) is 4.39 Å². The second-order valence-corrected chi connectivity index (χ2v) is 3.97. The van der Waals surface area contributed by atoms with Crippen LogP contribution in [0.1, 0.15) is 18.4 Å². The molecule has 3 nitrogen and oxygen atoms in total. The Balaban J connectivity index is 1.96. The van der Waals surface area contributed by atoms with E-state index in [1.807, 2.05) is 0 Å². The van der Waals surface area contributed by atoms with E-state index in [1.54, 1.807) is 12.1 Å². The first-order chi connectivity index (χ1) is 7.65. The van der Waals surface area contributed by atoms with E-state index < -0.39 is 12.2 Å². The summed E-state index contributed by atoms with van der Waals surface area (Å²) in [6.07, 6.45) is -0.0142. The largest absolute Gasteiger partial charge is 0.460 e. The number of carbonyl (C=O) groups excluding carboxylic acids is 1. The summed E-state index contributed by atoms with van der Waals surface area (Å²) in [6.45, 7) is 0. The van der Waals surface area contributed by atoms with E-state index in [2.05, 4.69) is 0 Å². The number of hydrogen-bond donors (Lipinski definition) is 1. The number of esters is 1. The molecule has 4 heteroatoms. The fourth-order valence-electron chi connectivity index (χ4n) is 1.85. The van der Waals surface area contributed by atoms with Crippen LogP contribution in [0.2, 0.25) is 0 Å². The molecule has 0 amide bonds. The van der Waals surface area contributed by atoms with Gasteiger partial charge in [-0.2, -0.15) is 0 Å². The first kappa shape index (κ1) is 11.1. The van der Waals surface area contributed by atoms with Crippen molar-refractivity contribution in [3.05, 3.63) is 35.6 Å². The third kappa shape index (κ3) is 2.58. The molecule has 2 atom stereocenters. The second kappa shape index (κ2) is 4.61. The number of cyclic esters (lactones) is 1. The second-order valence-electron chi connectivity index (χ2n) is 3.97. The monoisotopic (exact) mass is 224 g/mol. The average molecular weight is 224 g/mol. The van der Waals surface area contributed by atoms with Gasteiger partial charge in [0.15, 0.2) is 0 Å². The summed E-state index contributed by atoms with van der Waals surface area (Å²) < 4.78 is 17.8. The van der Waals surface area contributed by atoms with Crippen molar-refractivity contribution in [3.63, 3.8) is 0 Å². The van der Waals surface area contributed by atoms with Crippen LogP contribution in [-0.4, -0.2) is 23.3 Å². The Morgan fingerprint density at radius 1 is 1.56 bits per heavy atom. The highest BCUT2D eigenvalue weighted by molar-refractivity contribution is 5.71. The van der Waals surface area contributed by atoms with Gasteiger partial charge in [-0.3, -0.25) is 4.79 Å². The summed E-state index contributed by atoms with van der Waals surface area (Å²) in [5.41, 5.74) is 0.704. The Labute approximate surface area is 92.9 Å². The Hall–Kier alpha value is -1.42. The van der Waals surface area contributed by atoms with Gasteiger partial charge in [-0.05, 0) is 24.1 Å². The summed E-state index contributed by atoms with van der Waals surface area (Å²) in [4.78, 5) is 10.9. The standard InChI is InChI=1S/C12H13FO3/c13-9-3-1-2-8(6-9)7-10(14)11-4-5-12(15)16-11/h1-3,6,10-11,14H,4-5,7H2/t10-,11+/m1/s1. The summed E-state index contributed by atoms with van der Waals surface area (Å²) in [7, 11) is 0. The normalized spacial score (nSPS) is 21.9. The average Bonchev–Trinajstić information content (AvgIpc) is 2.65. The number of ether oxygens (including phenoxy) is 1. The third-order valence-electron chi connectivity index (χ3n) is 2.68. The van der Waals surface area contributed by atoms with E-state index in [4.69, 9.17) is 4.74 Å². The molecular formula is C12H13FO3. The van der Waals surface area contributed by atoms with Crippen molar-refractivity contribution in [2.75, 3.05) is 0 Å². The molecule has 1 aliphatic heterocycles. The quantitative estimate of drug-likeness (QED) is 0.790. The lowest BCUT2D eigenvalue weighted by molar-refractivity contribution is -0.145. The predicted molar refractivity (Wildman–Crippen MR) is 55.2 cm³/mol. The molecule has 0 saturated carbocycles. The van der Waals surface area contributed by atoms with E-state index in [0.29, 0.717) is 24.8 Å². The van der Waals surface area contributed by atoms with Crippen molar-refractivity contribution >= 4 is 5.97 Å². The highest BCUT2D eigenvalue weighted by Crippen LogP contribution is 2.19. The van der Waals surface area contributed by atoms with Crippen LogP contribution in [0, 0.1) is 5.82 Å². The first-order valence-corrected chi connectivity index (χ1v) is 5.27. The van der Waals surface area contributed by atoms with Crippen molar-refractivity contribution in [1.29, 1.82) is 0 Å². The molecule has 1 aliphatic rings. The molecule has 0 unspecified atom stereocenters. The smallest absolute Gasteiger partial charge is 0.306 e. The number of carbonyl (C=O) groups is 1. The maximum absolute atomic E-state index is 12.9. The molecule has 1 aromatic rings. The first-order valence-electron chi connectivity index (χ1n) is 5.27. The van der Waals surface area contributed by atoms with E-state index >= 15 is 0 Å². The van der Waals surface area contributed by atoms with Gasteiger partial charge in [0.1, 0.15) is 11.9 Å². The van der Waals surface area contributed by atoms with Crippen molar-refractivity contribution in [3.8, 4) is 0 Å². The molecule has 0 aromatic heterocycles. The lowest BCUT2D eigenvalue weighted by Gasteiger charge is -2.16. The maximum atomic E-state index is 12.9. The van der Waals surface area contributed by atoms with Crippen LogP contribution in [0.25, 0.3) is 0 Å². The zero-order valence-electron chi connectivity index (χ0n) is 8.73.